The van der Waals surface area contributed by atoms with Crippen LogP contribution in [0.2, 0.25) is 0 Å². The van der Waals surface area contributed by atoms with E-state index < -0.39 is 0 Å². The van der Waals surface area contributed by atoms with E-state index >= 15 is 0 Å². The Morgan fingerprint density at radius 1 is 0.960 bits per heavy atom. The van der Waals surface area contributed by atoms with Gasteiger partial charge >= 0.3 is 0 Å². The van der Waals surface area contributed by atoms with Crippen molar-refractivity contribution in [1.29, 1.82) is 0 Å². The molecular formula is C19H26N6. The van der Waals surface area contributed by atoms with Crippen LogP contribution in [0.4, 0.5) is 11.6 Å². The Bertz CT molecular complexity index is 724. The molecular weight excluding hydrogens is 312 g/mol. The molecule has 0 bridgehead atoms. The zero-order valence-electron chi connectivity index (χ0n) is 15.5. The Labute approximate surface area is 149 Å². The van der Waals surface area contributed by atoms with Gasteiger partial charge in [0, 0.05) is 31.5 Å². The summed E-state index contributed by atoms with van der Waals surface area (Å²) in [6.07, 6.45) is 2.52. The zero-order chi connectivity index (χ0) is 17.6. The number of anilines is 2. The van der Waals surface area contributed by atoms with Crippen molar-refractivity contribution in [1.82, 2.24) is 20.4 Å². The van der Waals surface area contributed by atoms with Crippen LogP contribution in [0.5, 0.6) is 0 Å². The lowest BCUT2D eigenvalue weighted by atomic mass is 9.92. The van der Waals surface area contributed by atoms with E-state index in [1.165, 1.54) is 12.8 Å². The smallest absolute Gasteiger partial charge is 0.151 e. The quantitative estimate of drug-likeness (QED) is 0.854. The number of hydrogen-bond donors (Lipinski definition) is 0. The van der Waals surface area contributed by atoms with Crippen LogP contribution >= 0.6 is 0 Å². The van der Waals surface area contributed by atoms with Gasteiger partial charge in [0.1, 0.15) is 0 Å². The first-order valence-corrected chi connectivity index (χ1v) is 9.07. The molecule has 6 heteroatoms. The molecule has 4 rings (SSSR count). The largest absolute Gasteiger partial charge is 0.352 e. The third-order valence-corrected chi connectivity index (χ3v) is 5.18. The number of hydrogen-bond acceptors (Lipinski definition) is 6. The molecule has 0 amide bonds. The standard InChI is InChI=1S/C19H26N6/c1-19(2,3)16-8-10-18(23-21-16)25-11-14(12-25)24(4)17-9-7-15(20-22-17)13-5-6-13/h7-10,13-14H,5-6,11-12H2,1-4H3. The maximum atomic E-state index is 4.41. The highest BCUT2D eigenvalue weighted by Crippen LogP contribution is 2.38. The van der Waals surface area contributed by atoms with E-state index in [4.69, 9.17) is 0 Å². The Morgan fingerprint density at radius 3 is 2.24 bits per heavy atom. The van der Waals surface area contributed by atoms with Crippen LogP contribution in [0.3, 0.4) is 0 Å². The van der Waals surface area contributed by atoms with Gasteiger partial charge in [-0.25, -0.2) is 0 Å². The van der Waals surface area contributed by atoms with Crippen molar-refractivity contribution in [3.05, 3.63) is 35.7 Å². The number of rotatable bonds is 4. The monoisotopic (exact) mass is 338 g/mol. The molecule has 0 aromatic carbocycles. The van der Waals surface area contributed by atoms with E-state index in [2.05, 4.69) is 82.3 Å². The van der Waals surface area contributed by atoms with Crippen LogP contribution < -0.4 is 9.80 Å². The lowest BCUT2D eigenvalue weighted by Crippen LogP contribution is -2.59. The summed E-state index contributed by atoms with van der Waals surface area (Å²) in [6, 6.07) is 8.82. The van der Waals surface area contributed by atoms with Gasteiger partial charge in [-0.1, -0.05) is 20.8 Å². The summed E-state index contributed by atoms with van der Waals surface area (Å²) >= 11 is 0. The Balaban J connectivity index is 1.36. The SMILES string of the molecule is CN(c1ccc(C2CC2)nn1)C1CN(c2ccc(C(C)(C)C)nn2)C1. The fourth-order valence-electron chi connectivity index (χ4n) is 3.09. The van der Waals surface area contributed by atoms with Gasteiger partial charge in [0.2, 0.25) is 0 Å². The van der Waals surface area contributed by atoms with Gasteiger partial charge < -0.3 is 9.80 Å². The van der Waals surface area contributed by atoms with Gasteiger partial charge in [0.05, 0.1) is 17.4 Å². The predicted octanol–water partition coefficient (Wildman–Crippen LogP) is 2.77. The van der Waals surface area contributed by atoms with Crippen LogP contribution in [0.1, 0.15) is 50.9 Å². The molecule has 1 saturated heterocycles. The summed E-state index contributed by atoms with van der Waals surface area (Å²) < 4.78 is 0. The molecule has 132 valence electrons. The van der Waals surface area contributed by atoms with Crippen molar-refractivity contribution in [2.75, 3.05) is 29.9 Å². The maximum absolute atomic E-state index is 4.41. The molecule has 0 spiro atoms. The Kier molecular flexibility index (Phi) is 3.85. The summed E-state index contributed by atoms with van der Waals surface area (Å²) in [5.41, 5.74) is 2.20. The highest BCUT2D eigenvalue weighted by atomic mass is 15.4. The van der Waals surface area contributed by atoms with Crippen LogP contribution in [0, 0.1) is 0 Å². The van der Waals surface area contributed by atoms with Gasteiger partial charge in [-0.05, 0) is 37.1 Å². The topological polar surface area (TPSA) is 58.0 Å². The van der Waals surface area contributed by atoms with Gasteiger partial charge in [-0.2, -0.15) is 10.2 Å². The van der Waals surface area contributed by atoms with E-state index in [0.29, 0.717) is 12.0 Å². The summed E-state index contributed by atoms with van der Waals surface area (Å²) in [5.74, 6) is 2.55. The van der Waals surface area contributed by atoms with E-state index in [1.54, 1.807) is 0 Å². The Morgan fingerprint density at radius 2 is 1.72 bits per heavy atom. The summed E-state index contributed by atoms with van der Waals surface area (Å²) in [6.45, 7) is 8.33. The van der Waals surface area contributed by atoms with E-state index in [9.17, 15) is 0 Å². The minimum absolute atomic E-state index is 0.0362. The van der Waals surface area contributed by atoms with Crippen molar-refractivity contribution in [2.45, 2.75) is 51.0 Å². The maximum Gasteiger partial charge on any atom is 0.151 e. The summed E-state index contributed by atoms with van der Waals surface area (Å²) in [4.78, 5) is 4.48. The van der Waals surface area contributed by atoms with E-state index in [0.717, 1.165) is 36.1 Å². The number of likely N-dealkylation sites (N-methyl/N-ethyl adjacent to an activating group) is 1. The molecule has 2 aromatic rings. The molecule has 2 fully saturated rings. The van der Waals surface area contributed by atoms with Crippen molar-refractivity contribution in [3.63, 3.8) is 0 Å². The number of aromatic nitrogens is 4. The average Bonchev–Trinajstić information content (AvgIpc) is 3.38. The minimum atomic E-state index is 0.0362. The van der Waals surface area contributed by atoms with E-state index in [-0.39, 0.29) is 5.41 Å². The van der Waals surface area contributed by atoms with Gasteiger partial charge in [0.25, 0.3) is 0 Å². The van der Waals surface area contributed by atoms with Crippen LogP contribution in [-0.2, 0) is 5.41 Å². The average molecular weight is 338 g/mol. The molecule has 0 atom stereocenters. The molecule has 1 aliphatic carbocycles. The first-order valence-electron chi connectivity index (χ1n) is 9.07. The second-order valence-corrected chi connectivity index (χ2v) is 8.29. The lowest BCUT2D eigenvalue weighted by molar-refractivity contribution is 0.484. The molecule has 2 aromatic heterocycles. The van der Waals surface area contributed by atoms with Crippen LogP contribution in [0.15, 0.2) is 24.3 Å². The van der Waals surface area contributed by atoms with E-state index in [1.807, 2.05) is 0 Å². The van der Waals surface area contributed by atoms with Crippen LogP contribution in [0.25, 0.3) is 0 Å². The lowest BCUT2D eigenvalue weighted by Gasteiger charge is -2.44. The molecule has 0 N–H and O–H groups in total. The molecule has 0 unspecified atom stereocenters. The van der Waals surface area contributed by atoms with Gasteiger partial charge in [0.15, 0.2) is 11.6 Å². The van der Waals surface area contributed by atoms with Crippen LogP contribution in [-0.4, -0.2) is 46.6 Å². The third-order valence-electron chi connectivity index (χ3n) is 5.18. The summed E-state index contributed by atoms with van der Waals surface area (Å²) in [7, 11) is 2.09. The fourth-order valence-corrected chi connectivity index (χ4v) is 3.09. The van der Waals surface area contributed by atoms with Crippen molar-refractivity contribution in [3.8, 4) is 0 Å². The predicted molar refractivity (Wildman–Crippen MR) is 99.1 cm³/mol. The van der Waals surface area contributed by atoms with Crippen molar-refractivity contribution >= 4 is 11.6 Å². The van der Waals surface area contributed by atoms with Crippen molar-refractivity contribution in [2.24, 2.45) is 0 Å². The highest BCUT2D eigenvalue weighted by molar-refractivity contribution is 5.47. The first kappa shape index (κ1) is 16.2. The Hall–Kier alpha value is -2.24. The molecule has 1 saturated carbocycles. The molecule has 6 nitrogen and oxygen atoms in total. The van der Waals surface area contributed by atoms with Gasteiger partial charge in [-0.15, -0.1) is 10.2 Å². The fraction of sp³-hybridized carbons (Fsp3) is 0.579. The number of nitrogens with zero attached hydrogens (tertiary/aromatic N) is 6. The third kappa shape index (κ3) is 3.30. The molecule has 25 heavy (non-hydrogen) atoms. The summed E-state index contributed by atoms with van der Waals surface area (Å²) in [5, 5.41) is 17.6. The molecule has 2 aliphatic rings. The zero-order valence-corrected chi connectivity index (χ0v) is 15.5. The molecule has 1 aliphatic heterocycles. The highest BCUT2D eigenvalue weighted by Gasteiger charge is 2.32. The second-order valence-electron chi connectivity index (χ2n) is 8.29. The normalized spacial score (nSPS) is 18.2. The van der Waals surface area contributed by atoms with Gasteiger partial charge in [-0.3, -0.25) is 0 Å². The second kappa shape index (κ2) is 5.93. The minimum Gasteiger partial charge on any atom is -0.352 e. The molecule has 3 heterocycles. The molecule has 0 radical (unpaired) electrons. The first-order chi connectivity index (χ1) is 11.9. The van der Waals surface area contributed by atoms with Crippen molar-refractivity contribution < 1.29 is 0 Å².